The molecule has 0 saturated carbocycles. The summed E-state index contributed by atoms with van der Waals surface area (Å²) in [6, 6.07) is 16.9. The van der Waals surface area contributed by atoms with Crippen LogP contribution in [0.5, 0.6) is 11.5 Å². The lowest BCUT2D eigenvalue weighted by Gasteiger charge is -2.26. The second-order valence-corrected chi connectivity index (χ2v) is 7.04. The van der Waals surface area contributed by atoms with Crippen molar-refractivity contribution in [1.29, 1.82) is 0 Å². The van der Waals surface area contributed by atoms with Gasteiger partial charge in [-0.15, -0.1) is 0 Å². The lowest BCUT2D eigenvalue weighted by molar-refractivity contribution is -0.154. The lowest BCUT2D eigenvalue weighted by atomic mass is 9.96. The number of fused-ring (bicyclic) bond motifs is 1. The fraction of sp³-hybridized carbons (Fsp3) is 0.250. The van der Waals surface area contributed by atoms with Crippen LogP contribution in [0.4, 0.5) is 4.39 Å². The summed E-state index contributed by atoms with van der Waals surface area (Å²) >= 11 is 0. The smallest absolute Gasteiger partial charge is 0.313 e. The maximum Gasteiger partial charge on any atom is 0.313 e. The summed E-state index contributed by atoms with van der Waals surface area (Å²) in [5, 5.41) is 0. The van der Waals surface area contributed by atoms with Crippen LogP contribution in [-0.4, -0.2) is 24.2 Å². The third-order valence-corrected chi connectivity index (χ3v) is 4.92. The Bertz CT molecular complexity index is 1020. The summed E-state index contributed by atoms with van der Waals surface area (Å²) < 4.78 is 31.0. The van der Waals surface area contributed by atoms with E-state index in [4.69, 9.17) is 14.2 Å². The van der Waals surface area contributed by atoms with Gasteiger partial charge in [-0.3, -0.25) is 9.78 Å². The molecule has 1 aromatic heterocycles. The van der Waals surface area contributed by atoms with Crippen molar-refractivity contribution in [1.82, 2.24) is 4.98 Å². The van der Waals surface area contributed by atoms with Gasteiger partial charge < -0.3 is 14.2 Å². The Morgan fingerprint density at radius 2 is 2.10 bits per heavy atom. The molecule has 1 aliphatic heterocycles. The van der Waals surface area contributed by atoms with E-state index < -0.39 is 23.8 Å². The molecule has 3 aromatic rings. The molecule has 2 aromatic carbocycles. The van der Waals surface area contributed by atoms with E-state index in [1.54, 1.807) is 36.5 Å². The fourth-order valence-electron chi connectivity index (χ4n) is 3.49. The molecule has 1 aliphatic rings. The second-order valence-electron chi connectivity index (χ2n) is 7.04. The Morgan fingerprint density at radius 3 is 2.87 bits per heavy atom. The highest BCUT2D eigenvalue weighted by Gasteiger charge is 2.31. The molecule has 0 fully saturated rings. The largest absolute Gasteiger partial charge is 0.494 e. The minimum absolute atomic E-state index is 0.220. The van der Waals surface area contributed by atoms with Gasteiger partial charge in [0.25, 0.3) is 0 Å². The molecule has 0 saturated heterocycles. The third kappa shape index (κ3) is 4.43. The van der Waals surface area contributed by atoms with Crippen LogP contribution in [0.2, 0.25) is 0 Å². The van der Waals surface area contributed by atoms with Crippen LogP contribution in [0.25, 0.3) is 0 Å². The van der Waals surface area contributed by atoms with Crippen LogP contribution in [0.3, 0.4) is 0 Å². The second kappa shape index (κ2) is 8.95. The Labute approximate surface area is 174 Å². The van der Waals surface area contributed by atoms with Crippen LogP contribution in [-0.2, 0) is 16.0 Å². The zero-order valence-corrected chi connectivity index (χ0v) is 16.6. The van der Waals surface area contributed by atoms with Gasteiger partial charge in [-0.25, -0.2) is 4.39 Å². The summed E-state index contributed by atoms with van der Waals surface area (Å²) in [5.41, 5.74) is 1.96. The van der Waals surface area contributed by atoms with E-state index in [1.807, 2.05) is 25.1 Å². The topological polar surface area (TPSA) is 57.7 Å². The number of carbonyl (C=O) groups is 1. The van der Waals surface area contributed by atoms with E-state index in [0.717, 1.165) is 17.1 Å². The van der Waals surface area contributed by atoms with Crippen molar-refractivity contribution in [2.75, 3.05) is 13.2 Å². The molecule has 2 atom stereocenters. The minimum atomic E-state index is -0.800. The first-order valence-electron chi connectivity index (χ1n) is 9.89. The van der Waals surface area contributed by atoms with Crippen molar-refractivity contribution in [2.45, 2.75) is 19.4 Å². The number of ether oxygens (including phenoxy) is 3. The number of pyridine rings is 1. The summed E-state index contributed by atoms with van der Waals surface area (Å²) in [7, 11) is 0. The van der Waals surface area contributed by atoms with Gasteiger partial charge in [-0.1, -0.05) is 18.2 Å². The zero-order chi connectivity index (χ0) is 20.9. The monoisotopic (exact) mass is 407 g/mol. The van der Waals surface area contributed by atoms with Crippen LogP contribution in [0.15, 0.2) is 66.9 Å². The van der Waals surface area contributed by atoms with E-state index >= 15 is 0 Å². The Balaban J connectivity index is 1.55. The van der Waals surface area contributed by atoms with Crippen LogP contribution in [0.1, 0.15) is 29.8 Å². The number of nitrogens with zero attached hydrogens (tertiary/aromatic N) is 1. The molecule has 0 radical (unpaired) electrons. The average Bonchev–Trinajstić information content (AvgIpc) is 2.77. The number of halogens is 1. The normalized spacial score (nSPS) is 16.1. The van der Waals surface area contributed by atoms with Gasteiger partial charge in [0, 0.05) is 11.8 Å². The number of carbonyl (C=O) groups excluding carboxylic acids is 1. The van der Waals surface area contributed by atoms with Crippen LogP contribution in [0, 0.1) is 11.7 Å². The van der Waals surface area contributed by atoms with Gasteiger partial charge in [-0.2, -0.15) is 0 Å². The maximum absolute atomic E-state index is 13.8. The quantitative estimate of drug-likeness (QED) is 0.563. The van der Waals surface area contributed by atoms with Crippen LogP contribution >= 0.6 is 0 Å². The highest BCUT2D eigenvalue weighted by atomic mass is 19.1. The van der Waals surface area contributed by atoms with Crippen molar-refractivity contribution < 1.29 is 23.4 Å². The molecule has 0 aliphatic carbocycles. The molecule has 6 heteroatoms. The van der Waals surface area contributed by atoms with E-state index in [0.29, 0.717) is 24.3 Å². The Morgan fingerprint density at radius 1 is 1.20 bits per heavy atom. The molecule has 154 valence electrons. The predicted octanol–water partition coefficient (Wildman–Crippen LogP) is 4.50. The molecular formula is C24H22FNO4. The van der Waals surface area contributed by atoms with Gasteiger partial charge >= 0.3 is 5.97 Å². The van der Waals surface area contributed by atoms with Gasteiger partial charge in [0.2, 0.25) is 0 Å². The van der Waals surface area contributed by atoms with Crippen molar-refractivity contribution in [3.63, 3.8) is 0 Å². The van der Waals surface area contributed by atoms with Crippen molar-refractivity contribution in [3.8, 4) is 11.5 Å². The molecule has 5 nitrogen and oxygen atoms in total. The molecule has 30 heavy (non-hydrogen) atoms. The number of rotatable bonds is 6. The number of hydrogen-bond donors (Lipinski definition) is 0. The maximum atomic E-state index is 13.8. The average molecular weight is 407 g/mol. The van der Waals surface area contributed by atoms with Gasteiger partial charge in [-0.05, 0) is 61.4 Å². The van der Waals surface area contributed by atoms with E-state index in [2.05, 4.69) is 4.98 Å². The summed E-state index contributed by atoms with van der Waals surface area (Å²) in [6.45, 7) is 2.70. The molecule has 2 unspecified atom stereocenters. The molecule has 0 spiro atoms. The highest BCUT2D eigenvalue weighted by Crippen LogP contribution is 2.33. The minimum Gasteiger partial charge on any atom is -0.494 e. The molecule has 0 amide bonds. The summed E-state index contributed by atoms with van der Waals surface area (Å²) in [4.78, 5) is 17.3. The predicted molar refractivity (Wildman–Crippen MR) is 109 cm³/mol. The molecule has 4 rings (SSSR count). The zero-order valence-electron chi connectivity index (χ0n) is 16.6. The lowest BCUT2D eigenvalue weighted by Crippen LogP contribution is -2.31. The summed E-state index contributed by atoms with van der Waals surface area (Å²) in [6.07, 6.45) is 1.29. The van der Waals surface area contributed by atoms with Crippen molar-refractivity contribution >= 4 is 5.97 Å². The van der Waals surface area contributed by atoms with E-state index in [-0.39, 0.29) is 6.61 Å². The first-order chi connectivity index (χ1) is 14.6. The number of esters is 1. The van der Waals surface area contributed by atoms with Crippen molar-refractivity contribution in [3.05, 3.63) is 89.5 Å². The fourth-order valence-corrected chi connectivity index (χ4v) is 3.49. The highest BCUT2D eigenvalue weighted by molar-refractivity contribution is 5.74. The van der Waals surface area contributed by atoms with Crippen LogP contribution < -0.4 is 9.47 Å². The first-order valence-corrected chi connectivity index (χ1v) is 9.89. The van der Waals surface area contributed by atoms with Gasteiger partial charge in [0.05, 0.1) is 18.2 Å². The number of benzene rings is 2. The number of aromatic nitrogens is 1. The molecular weight excluding hydrogens is 385 g/mol. The summed E-state index contributed by atoms with van der Waals surface area (Å²) in [5.74, 6) is 0.188. The first kappa shape index (κ1) is 19.9. The van der Waals surface area contributed by atoms with E-state index in [1.165, 1.54) is 12.1 Å². The Hall–Kier alpha value is -3.41. The van der Waals surface area contributed by atoms with E-state index in [9.17, 15) is 9.18 Å². The molecule has 0 N–H and O–H groups in total. The van der Waals surface area contributed by atoms with Crippen molar-refractivity contribution in [2.24, 2.45) is 5.92 Å². The third-order valence-electron chi connectivity index (χ3n) is 4.92. The Kier molecular flexibility index (Phi) is 5.93. The van der Waals surface area contributed by atoms with Gasteiger partial charge in [0.1, 0.15) is 23.9 Å². The van der Waals surface area contributed by atoms with Gasteiger partial charge in [0.15, 0.2) is 6.10 Å². The standard InChI is InChI=1S/C24H22FNO4/c1-2-28-20-9-10-22-17(14-20)12-18(15-29-22)24(27)30-23(21-8-3-4-11-26-21)16-6-5-7-19(25)13-16/h3-11,13-14,18,23H,2,12,15H2,1H3. The molecule has 2 heterocycles. The number of hydrogen-bond acceptors (Lipinski definition) is 5. The SMILES string of the molecule is CCOc1ccc2c(c1)CC(C(=O)OC(c1cccc(F)c1)c1ccccn1)CO2. The molecule has 0 bridgehead atoms.